The number of ether oxygens (including phenoxy) is 1. The van der Waals surface area contributed by atoms with Crippen molar-refractivity contribution in [1.29, 1.82) is 0 Å². The first kappa shape index (κ1) is 10.2. The molecule has 0 spiro atoms. The molecular weight excluding hydrogens is 212 g/mol. The van der Waals surface area contributed by atoms with Gasteiger partial charge in [0.05, 0.1) is 18.6 Å². The van der Waals surface area contributed by atoms with E-state index in [0.717, 1.165) is 18.9 Å². The molecule has 0 unspecified atom stereocenters. The Morgan fingerprint density at radius 2 is 1.88 bits per heavy atom. The van der Waals surface area contributed by atoms with E-state index in [-0.39, 0.29) is 5.54 Å². The fourth-order valence-corrected chi connectivity index (χ4v) is 2.51. The van der Waals surface area contributed by atoms with Gasteiger partial charge in [-0.15, -0.1) is 0 Å². The van der Waals surface area contributed by atoms with Crippen LogP contribution in [0.15, 0.2) is 18.2 Å². The molecule has 0 atom stereocenters. The molecule has 0 aromatic heterocycles. The van der Waals surface area contributed by atoms with E-state index in [2.05, 4.69) is 0 Å². The lowest BCUT2D eigenvalue weighted by Crippen LogP contribution is -2.61. The van der Waals surface area contributed by atoms with Crippen molar-refractivity contribution in [2.24, 2.45) is 5.73 Å². The Labute approximate surface area is 92.4 Å². The molecule has 1 aromatic rings. The average Bonchev–Trinajstić information content (AvgIpc) is 2.87. The molecule has 1 aliphatic heterocycles. The summed E-state index contributed by atoms with van der Waals surface area (Å²) in [5.74, 6) is -1.07. The number of hydrogen-bond donors (Lipinski definition) is 1. The van der Waals surface area contributed by atoms with Gasteiger partial charge in [-0.1, -0.05) is 6.07 Å². The topological polar surface area (TPSA) is 35.2 Å². The molecule has 4 heteroatoms. The highest BCUT2D eigenvalue weighted by Crippen LogP contribution is 2.53. The summed E-state index contributed by atoms with van der Waals surface area (Å²) >= 11 is 0. The predicted molar refractivity (Wildman–Crippen MR) is 55.0 cm³/mol. The fourth-order valence-electron chi connectivity index (χ4n) is 2.51. The third-order valence-corrected chi connectivity index (χ3v) is 3.89. The highest BCUT2D eigenvalue weighted by atomic mass is 19.1. The monoisotopic (exact) mass is 225 g/mol. The number of halogens is 2. The maximum absolute atomic E-state index is 13.8. The zero-order valence-corrected chi connectivity index (χ0v) is 8.80. The molecule has 1 aliphatic carbocycles. The Kier molecular flexibility index (Phi) is 1.92. The van der Waals surface area contributed by atoms with Crippen LogP contribution in [0.4, 0.5) is 8.78 Å². The molecule has 0 amide bonds. The fraction of sp³-hybridized carbons (Fsp3) is 0.500. The summed E-state index contributed by atoms with van der Waals surface area (Å²) in [4.78, 5) is 0. The predicted octanol–water partition coefficient (Wildman–Crippen LogP) is 1.72. The quantitative estimate of drug-likeness (QED) is 0.831. The van der Waals surface area contributed by atoms with E-state index in [4.69, 9.17) is 10.5 Å². The minimum Gasteiger partial charge on any atom is -0.379 e. The van der Waals surface area contributed by atoms with E-state index >= 15 is 0 Å². The molecule has 16 heavy (non-hydrogen) atoms. The van der Waals surface area contributed by atoms with Crippen LogP contribution in [0.25, 0.3) is 0 Å². The van der Waals surface area contributed by atoms with Gasteiger partial charge in [-0.05, 0) is 18.9 Å². The Bertz CT molecular complexity index is 439. The molecule has 2 fully saturated rings. The molecule has 1 saturated carbocycles. The summed E-state index contributed by atoms with van der Waals surface area (Å²) in [6.07, 6.45) is 1.76. The van der Waals surface area contributed by atoms with E-state index in [1.807, 2.05) is 0 Å². The second kappa shape index (κ2) is 3.02. The molecule has 2 aliphatic rings. The van der Waals surface area contributed by atoms with Gasteiger partial charge >= 0.3 is 0 Å². The molecule has 3 rings (SSSR count). The standard InChI is InChI=1S/C12H13F2NO/c13-8-1-2-9(10(14)5-8)11(6-16-7-11)12(15)3-4-12/h1-2,5H,3-4,6-7,15H2. The van der Waals surface area contributed by atoms with Gasteiger partial charge in [0.2, 0.25) is 0 Å². The van der Waals surface area contributed by atoms with Crippen LogP contribution in [0.2, 0.25) is 0 Å². The summed E-state index contributed by atoms with van der Waals surface area (Å²) in [7, 11) is 0. The van der Waals surface area contributed by atoms with E-state index in [0.29, 0.717) is 18.8 Å². The van der Waals surface area contributed by atoms with Crippen LogP contribution in [0.1, 0.15) is 18.4 Å². The van der Waals surface area contributed by atoms with Gasteiger partial charge < -0.3 is 10.5 Å². The van der Waals surface area contributed by atoms with Gasteiger partial charge in [-0.2, -0.15) is 0 Å². The average molecular weight is 225 g/mol. The molecule has 0 radical (unpaired) electrons. The number of nitrogens with two attached hydrogens (primary N) is 1. The molecule has 86 valence electrons. The van der Waals surface area contributed by atoms with Crippen LogP contribution in [-0.2, 0) is 10.2 Å². The first-order valence-electron chi connectivity index (χ1n) is 5.40. The highest BCUT2D eigenvalue weighted by Gasteiger charge is 2.62. The summed E-state index contributed by atoms with van der Waals surface area (Å²) in [6, 6.07) is 3.70. The van der Waals surface area contributed by atoms with Crippen molar-refractivity contribution < 1.29 is 13.5 Å². The lowest BCUT2D eigenvalue weighted by Gasteiger charge is -2.47. The molecule has 2 nitrogen and oxygen atoms in total. The van der Waals surface area contributed by atoms with Gasteiger partial charge in [0.1, 0.15) is 11.6 Å². The van der Waals surface area contributed by atoms with Crippen LogP contribution in [-0.4, -0.2) is 18.8 Å². The van der Waals surface area contributed by atoms with E-state index in [9.17, 15) is 8.78 Å². The zero-order valence-electron chi connectivity index (χ0n) is 8.80. The van der Waals surface area contributed by atoms with Gasteiger partial charge in [0.15, 0.2) is 0 Å². The van der Waals surface area contributed by atoms with Crippen molar-refractivity contribution in [3.8, 4) is 0 Å². The van der Waals surface area contributed by atoms with Crippen molar-refractivity contribution in [3.63, 3.8) is 0 Å². The summed E-state index contributed by atoms with van der Waals surface area (Å²) in [5, 5.41) is 0. The van der Waals surface area contributed by atoms with Crippen LogP contribution < -0.4 is 5.73 Å². The SMILES string of the molecule is NC1(C2(c3ccc(F)cc3F)COC2)CC1. The normalized spacial score (nSPS) is 24.9. The first-order valence-corrected chi connectivity index (χ1v) is 5.40. The number of hydrogen-bond acceptors (Lipinski definition) is 2. The Morgan fingerprint density at radius 1 is 1.19 bits per heavy atom. The van der Waals surface area contributed by atoms with E-state index in [1.54, 1.807) is 0 Å². The molecule has 0 bridgehead atoms. The van der Waals surface area contributed by atoms with Crippen molar-refractivity contribution in [2.45, 2.75) is 23.8 Å². The third-order valence-electron chi connectivity index (χ3n) is 3.89. The van der Waals surface area contributed by atoms with Crippen LogP contribution in [0, 0.1) is 11.6 Å². The summed E-state index contributed by atoms with van der Waals surface area (Å²) in [6.45, 7) is 0.873. The van der Waals surface area contributed by atoms with E-state index in [1.165, 1.54) is 12.1 Å². The molecule has 1 aromatic carbocycles. The molecule has 2 N–H and O–H groups in total. The minimum atomic E-state index is -0.557. The molecule has 1 saturated heterocycles. The van der Waals surface area contributed by atoms with E-state index < -0.39 is 17.0 Å². The summed E-state index contributed by atoms with van der Waals surface area (Å²) in [5.41, 5.74) is 5.89. The lowest BCUT2D eigenvalue weighted by molar-refractivity contribution is -0.0802. The van der Waals surface area contributed by atoms with Gasteiger partial charge in [-0.25, -0.2) is 8.78 Å². The van der Waals surface area contributed by atoms with Crippen molar-refractivity contribution in [1.82, 2.24) is 0 Å². The first-order chi connectivity index (χ1) is 7.57. The van der Waals surface area contributed by atoms with Crippen molar-refractivity contribution in [3.05, 3.63) is 35.4 Å². The Hall–Kier alpha value is -1.00. The van der Waals surface area contributed by atoms with Gasteiger partial charge in [0, 0.05) is 17.2 Å². The highest BCUT2D eigenvalue weighted by molar-refractivity contribution is 5.38. The Balaban J connectivity index is 2.07. The van der Waals surface area contributed by atoms with Crippen molar-refractivity contribution in [2.75, 3.05) is 13.2 Å². The van der Waals surface area contributed by atoms with Crippen LogP contribution >= 0.6 is 0 Å². The zero-order chi connectivity index (χ0) is 11.4. The number of rotatable bonds is 2. The van der Waals surface area contributed by atoms with Crippen LogP contribution in [0.3, 0.4) is 0 Å². The Morgan fingerprint density at radius 3 is 2.31 bits per heavy atom. The maximum Gasteiger partial charge on any atom is 0.130 e. The largest absolute Gasteiger partial charge is 0.379 e. The molecule has 1 heterocycles. The van der Waals surface area contributed by atoms with Crippen molar-refractivity contribution >= 4 is 0 Å². The number of benzene rings is 1. The second-order valence-corrected chi connectivity index (χ2v) is 4.86. The second-order valence-electron chi connectivity index (χ2n) is 4.86. The maximum atomic E-state index is 13.8. The van der Waals surface area contributed by atoms with Gasteiger partial charge in [-0.3, -0.25) is 0 Å². The summed E-state index contributed by atoms with van der Waals surface area (Å²) < 4.78 is 31.8. The molecular formula is C12H13F2NO. The smallest absolute Gasteiger partial charge is 0.130 e. The van der Waals surface area contributed by atoms with Crippen LogP contribution in [0.5, 0.6) is 0 Å². The minimum absolute atomic E-state index is 0.357. The third kappa shape index (κ3) is 1.17. The lowest BCUT2D eigenvalue weighted by atomic mass is 9.70. The van der Waals surface area contributed by atoms with Gasteiger partial charge in [0.25, 0.3) is 0 Å².